The van der Waals surface area contributed by atoms with Crippen LogP contribution in [-0.4, -0.2) is 36.6 Å². The fourth-order valence-electron chi connectivity index (χ4n) is 2.84. The van der Waals surface area contributed by atoms with E-state index in [1.165, 1.54) is 23.1 Å². The van der Waals surface area contributed by atoms with Crippen LogP contribution in [0.2, 0.25) is 0 Å². The topological polar surface area (TPSA) is 97.6 Å². The second kappa shape index (κ2) is 6.73. The molecule has 0 saturated carbocycles. The lowest BCUT2D eigenvalue weighted by Gasteiger charge is -2.18. The van der Waals surface area contributed by atoms with Crippen LogP contribution in [0, 0.1) is 6.92 Å². The Morgan fingerprint density at radius 2 is 2.04 bits per heavy atom. The van der Waals surface area contributed by atoms with Gasteiger partial charge in [-0.1, -0.05) is 12.1 Å². The molecule has 0 fully saturated rings. The van der Waals surface area contributed by atoms with E-state index >= 15 is 0 Å². The Labute approximate surface area is 172 Å². The number of para-hydroxylation sites is 2. The molecule has 4 heterocycles. The summed E-state index contributed by atoms with van der Waals surface area (Å²) in [4.78, 5) is 21.8. The van der Waals surface area contributed by atoms with Crippen molar-refractivity contribution in [3.63, 3.8) is 0 Å². The molecule has 1 aromatic carbocycles. The van der Waals surface area contributed by atoms with Crippen molar-refractivity contribution in [2.24, 2.45) is 0 Å². The molecule has 28 heavy (non-hydrogen) atoms. The lowest BCUT2D eigenvalue weighted by Crippen LogP contribution is -2.18. The normalized spacial score (nSPS) is 12.4. The van der Waals surface area contributed by atoms with Crippen molar-refractivity contribution in [3.05, 3.63) is 35.9 Å². The highest BCUT2D eigenvalue weighted by molar-refractivity contribution is 7.99. The van der Waals surface area contributed by atoms with E-state index in [0.29, 0.717) is 21.8 Å². The van der Waals surface area contributed by atoms with Crippen LogP contribution in [0.4, 0.5) is 10.8 Å². The number of hydrogen-bond acceptors (Lipinski definition) is 8. The fourth-order valence-corrected chi connectivity index (χ4v) is 4.78. The van der Waals surface area contributed by atoms with Gasteiger partial charge in [-0.15, -0.1) is 33.1 Å². The predicted octanol–water partition coefficient (Wildman–Crippen LogP) is 3.78. The summed E-state index contributed by atoms with van der Waals surface area (Å²) in [6.07, 6.45) is 0. The van der Waals surface area contributed by atoms with Crippen LogP contribution in [-0.2, 0) is 4.79 Å². The molecule has 0 bridgehead atoms. The van der Waals surface area contributed by atoms with Gasteiger partial charge in [0.05, 0.1) is 20.9 Å². The van der Waals surface area contributed by atoms with Gasteiger partial charge in [-0.05, 0) is 42.4 Å². The standard InChI is InChI=1S/C17H12ClN7OS2/c1-8-6-12(21-11(26)7-18)27-13(8)15-22-23-17-25(15)24-14-16(28-17)20-10-5-3-2-4-9(10)19-14/h2-6H,7H2,1H3,(H,19,24)(H,21,26). The van der Waals surface area contributed by atoms with Crippen LogP contribution in [0.25, 0.3) is 21.7 Å². The van der Waals surface area contributed by atoms with E-state index in [4.69, 9.17) is 11.6 Å². The molecule has 5 rings (SSSR count). The molecular formula is C17H12ClN7OS2. The number of halogens is 1. The summed E-state index contributed by atoms with van der Waals surface area (Å²) in [5.41, 5.74) is 5.88. The molecule has 4 aromatic rings. The van der Waals surface area contributed by atoms with Gasteiger partial charge in [0.25, 0.3) is 0 Å². The second-order valence-electron chi connectivity index (χ2n) is 6.03. The first-order valence-electron chi connectivity index (χ1n) is 8.26. The number of carbonyl (C=O) groups is 1. The first-order chi connectivity index (χ1) is 13.6. The largest absolute Gasteiger partial charge is 0.317 e. The molecule has 1 aliphatic heterocycles. The zero-order valence-electron chi connectivity index (χ0n) is 14.4. The molecular weight excluding hydrogens is 418 g/mol. The number of aromatic nitrogens is 5. The molecule has 1 amide bonds. The number of fused-ring (bicyclic) bond motifs is 3. The smallest absolute Gasteiger partial charge is 0.239 e. The Bertz CT molecular complexity index is 1240. The van der Waals surface area contributed by atoms with Crippen LogP contribution in [0.15, 0.2) is 40.5 Å². The molecule has 11 heteroatoms. The molecule has 140 valence electrons. The van der Waals surface area contributed by atoms with Crippen LogP contribution >= 0.6 is 34.7 Å². The van der Waals surface area contributed by atoms with Crippen molar-refractivity contribution in [1.29, 1.82) is 0 Å². The van der Waals surface area contributed by atoms with E-state index in [2.05, 4.69) is 30.9 Å². The van der Waals surface area contributed by atoms with Gasteiger partial charge in [0.1, 0.15) is 10.9 Å². The summed E-state index contributed by atoms with van der Waals surface area (Å²) < 4.78 is 1.79. The Balaban J connectivity index is 1.53. The van der Waals surface area contributed by atoms with E-state index in [9.17, 15) is 4.79 Å². The van der Waals surface area contributed by atoms with Crippen molar-refractivity contribution in [1.82, 2.24) is 24.8 Å². The van der Waals surface area contributed by atoms with Gasteiger partial charge in [0, 0.05) is 0 Å². The highest BCUT2D eigenvalue weighted by atomic mass is 35.5. The minimum Gasteiger partial charge on any atom is -0.317 e. The number of thiophene rings is 1. The summed E-state index contributed by atoms with van der Waals surface area (Å²) in [6.45, 7) is 1.96. The highest BCUT2D eigenvalue weighted by Gasteiger charge is 2.26. The summed E-state index contributed by atoms with van der Waals surface area (Å²) in [7, 11) is 0. The first-order valence-corrected chi connectivity index (χ1v) is 10.4. The third-order valence-electron chi connectivity index (χ3n) is 4.08. The number of rotatable bonds is 3. The number of aryl methyl sites for hydroxylation is 1. The molecule has 0 spiro atoms. The van der Waals surface area contributed by atoms with E-state index < -0.39 is 0 Å². The second-order valence-corrected chi connectivity index (χ2v) is 8.30. The molecule has 0 saturated heterocycles. The average Bonchev–Trinajstić information content (AvgIpc) is 3.26. The zero-order chi connectivity index (χ0) is 19.3. The van der Waals surface area contributed by atoms with E-state index in [1.807, 2.05) is 37.3 Å². The monoisotopic (exact) mass is 429 g/mol. The van der Waals surface area contributed by atoms with Gasteiger partial charge in [-0.3, -0.25) is 10.2 Å². The summed E-state index contributed by atoms with van der Waals surface area (Å²) in [5.74, 6) is 0.968. The maximum absolute atomic E-state index is 11.6. The van der Waals surface area contributed by atoms with Crippen LogP contribution in [0.5, 0.6) is 0 Å². The van der Waals surface area contributed by atoms with Crippen molar-refractivity contribution in [2.75, 3.05) is 16.6 Å². The van der Waals surface area contributed by atoms with Gasteiger partial charge in [0.15, 0.2) is 11.6 Å². The molecule has 0 unspecified atom stereocenters. The predicted molar refractivity (Wildman–Crippen MR) is 110 cm³/mol. The SMILES string of the molecule is Cc1cc(NC(=O)CCl)sc1-c1nnc2n1Nc1nc3ccccc3nc1S2. The van der Waals surface area contributed by atoms with E-state index in [0.717, 1.165) is 26.5 Å². The van der Waals surface area contributed by atoms with Crippen LogP contribution in [0.1, 0.15) is 5.56 Å². The highest BCUT2D eigenvalue weighted by Crippen LogP contribution is 2.40. The minimum absolute atomic E-state index is 0.0891. The number of hydrogen-bond donors (Lipinski definition) is 2. The number of benzene rings is 1. The number of nitrogens with zero attached hydrogens (tertiary/aromatic N) is 5. The third-order valence-corrected chi connectivity index (χ3v) is 6.40. The zero-order valence-corrected chi connectivity index (χ0v) is 16.8. The molecule has 0 radical (unpaired) electrons. The summed E-state index contributed by atoms with van der Waals surface area (Å²) >= 11 is 8.40. The quantitative estimate of drug-likeness (QED) is 0.421. The number of carbonyl (C=O) groups excluding carboxylic acids is 1. The Kier molecular flexibility index (Phi) is 4.18. The summed E-state index contributed by atoms with van der Waals surface area (Å²) in [6, 6.07) is 9.61. The Morgan fingerprint density at radius 3 is 2.82 bits per heavy atom. The minimum atomic E-state index is -0.248. The molecule has 3 aromatic heterocycles. The average molecular weight is 430 g/mol. The first kappa shape index (κ1) is 17.4. The fraction of sp³-hybridized carbons (Fsp3) is 0.118. The summed E-state index contributed by atoms with van der Waals surface area (Å²) in [5, 5.41) is 13.5. The molecule has 2 N–H and O–H groups in total. The molecule has 0 atom stereocenters. The van der Waals surface area contributed by atoms with Crippen molar-refractivity contribution in [2.45, 2.75) is 17.1 Å². The molecule has 0 aliphatic carbocycles. The number of nitrogens with one attached hydrogen (secondary N) is 2. The number of alkyl halides is 1. The Hall–Kier alpha value is -2.69. The number of amides is 1. The van der Waals surface area contributed by atoms with Gasteiger partial charge in [0.2, 0.25) is 11.1 Å². The third kappa shape index (κ3) is 2.89. The maximum atomic E-state index is 11.6. The van der Waals surface area contributed by atoms with Gasteiger partial charge in [-0.2, -0.15) is 0 Å². The van der Waals surface area contributed by atoms with Gasteiger partial charge < -0.3 is 5.32 Å². The van der Waals surface area contributed by atoms with Crippen molar-refractivity contribution >= 4 is 62.5 Å². The van der Waals surface area contributed by atoms with Crippen molar-refractivity contribution in [3.8, 4) is 10.7 Å². The maximum Gasteiger partial charge on any atom is 0.239 e. The van der Waals surface area contributed by atoms with E-state index in [1.54, 1.807) is 4.68 Å². The Morgan fingerprint density at radius 1 is 1.25 bits per heavy atom. The van der Waals surface area contributed by atoms with Gasteiger partial charge in [-0.25, -0.2) is 14.6 Å². The van der Waals surface area contributed by atoms with Crippen molar-refractivity contribution < 1.29 is 4.79 Å². The number of anilines is 2. The van der Waals surface area contributed by atoms with E-state index in [-0.39, 0.29) is 11.8 Å². The molecule has 1 aliphatic rings. The molecule has 8 nitrogen and oxygen atoms in total. The van der Waals surface area contributed by atoms with Crippen LogP contribution in [0.3, 0.4) is 0 Å². The lowest BCUT2D eigenvalue weighted by molar-refractivity contribution is -0.113. The van der Waals surface area contributed by atoms with Crippen LogP contribution < -0.4 is 10.7 Å². The van der Waals surface area contributed by atoms with Gasteiger partial charge >= 0.3 is 0 Å². The lowest BCUT2D eigenvalue weighted by atomic mass is 10.3.